The van der Waals surface area contributed by atoms with Gasteiger partial charge in [-0.25, -0.2) is 0 Å². The van der Waals surface area contributed by atoms with Crippen molar-refractivity contribution in [3.63, 3.8) is 0 Å². The molecule has 0 aliphatic carbocycles. The second kappa shape index (κ2) is 3.99. The molecule has 64 valence electrons. The molecule has 1 nitrogen and oxygen atoms in total. The number of hydrogen-bond donors (Lipinski definition) is 1. The van der Waals surface area contributed by atoms with Crippen molar-refractivity contribution in [2.75, 3.05) is 17.2 Å². The molecular formula is C8H10AsNS2. The van der Waals surface area contributed by atoms with Crippen molar-refractivity contribution in [1.29, 1.82) is 0 Å². The van der Waals surface area contributed by atoms with Crippen LogP contribution in [0, 0.1) is 0 Å². The van der Waals surface area contributed by atoms with Gasteiger partial charge in [0.15, 0.2) is 0 Å². The van der Waals surface area contributed by atoms with Gasteiger partial charge in [0.2, 0.25) is 0 Å². The van der Waals surface area contributed by atoms with E-state index in [0.29, 0.717) is 0 Å². The van der Waals surface area contributed by atoms with Crippen LogP contribution in [0.4, 0.5) is 5.69 Å². The average molecular weight is 259 g/mol. The first-order valence-corrected chi connectivity index (χ1v) is 11.2. The number of anilines is 1. The quantitative estimate of drug-likeness (QED) is 0.610. The summed E-state index contributed by atoms with van der Waals surface area (Å²) < 4.78 is 1.51. The summed E-state index contributed by atoms with van der Waals surface area (Å²) in [5, 5.41) is 0. The van der Waals surface area contributed by atoms with Crippen LogP contribution >= 0.6 is 20.0 Å². The van der Waals surface area contributed by atoms with Crippen LogP contribution in [0.15, 0.2) is 24.3 Å². The van der Waals surface area contributed by atoms with Crippen molar-refractivity contribution in [2.45, 2.75) is 0 Å². The molecule has 1 heterocycles. The Hall–Kier alpha value is 0.278. The van der Waals surface area contributed by atoms with Crippen LogP contribution in [0.2, 0.25) is 0 Å². The molecule has 0 spiro atoms. The molecule has 0 atom stereocenters. The molecule has 1 aromatic rings. The third-order valence-electron chi connectivity index (χ3n) is 1.58. The van der Waals surface area contributed by atoms with Gasteiger partial charge in [0.25, 0.3) is 0 Å². The predicted octanol–water partition coefficient (Wildman–Crippen LogP) is 1.44. The number of hydrogen-bond acceptors (Lipinski definition) is 3. The Morgan fingerprint density at radius 1 is 1.25 bits per heavy atom. The molecule has 0 aromatic heterocycles. The van der Waals surface area contributed by atoms with E-state index in [1.54, 1.807) is 0 Å². The van der Waals surface area contributed by atoms with Crippen LogP contribution in [-0.2, 0) is 0 Å². The topological polar surface area (TPSA) is 26.0 Å². The van der Waals surface area contributed by atoms with Crippen LogP contribution in [0.1, 0.15) is 0 Å². The van der Waals surface area contributed by atoms with E-state index in [2.05, 4.69) is 38.2 Å². The molecule has 0 bridgehead atoms. The van der Waals surface area contributed by atoms with Crippen molar-refractivity contribution in [3.05, 3.63) is 24.3 Å². The molecule has 1 fully saturated rings. The van der Waals surface area contributed by atoms with Crippen LogP contribution in [-0.4, -0.2) is 23.8 Å². The van der Waals surface area contributed by atoms with Gasteiger partial charge >= 0.3 is 83.9 Å². The third-order valence-corrected chi connectivity index (χ3v) is 15.3. The summed E-state index contributed by atoms with van der Waals surface area (Å²) in [5.74, 6) is 2.67. The Morgan fingerprint density at radius 3 is 2.67 bits per heavy atom. The first-order valence-electron chi connectivity index (χ1n) is 3.78. The number of benzene rings is 1. The molecule has 1 saturated heterocycles. The first kappa shape index (κ1) is 8.86. The third kappa shape index (κ3) is 1.95. The molecule has 1 aliphatic heterocycles. The standard InChI is InChI=1S/C8H10AsNS2/c10-8-3-1-2-7(6-8)9-11-4-5-12-9/h1-3,6H,4-5,10H2. The number of rotatable bonds is 1. The summed E-state index contributed by atoms with van der Waals surface area (Å²) in [6.07, 6.45) is 0. The normalized spacial score (nSPS) is 18.3. The van der Waals surface area contributed by atoms with Crippen LogP contribution < -0.4 is 10.1 Å². The zero-order chi connectivity index (χ0) is 8.39. The molecule has 0 radical (unpaired) electrons. The van der Waals surface area contributed by atoms with E-state index in [4.69, 9.17) is 5.73 Å². The second-order valence-electron chi connectivity index (χ2n) is 2.52. The van der Waals surface area contributed by atoms with Gasteiger partial charge < -0.3 is 0 Å². The summed E-state index contributed by atoms with van der Waals surface area (Å²) in [6.45, 7) is 0. The van der Waals surface area contributed by atoms with E-state index in [-0.39, 0.29) is 0 Å². The van der Waals surface area contributed by atoms with Crippen LogP contribution in [0.25, 0.3) is 0 Å². The van der Waals surface area contributed by atoms with E-state index >= 15 is 0 Å². The van der Waals surface area contributed by atoms with Crippen molar-refractivity contribution in [1.82, 2.24) is 0 Å². The van der Waals surface area contributed by atoms with Crippen molar-refractivity contribution >= 4 is 42.4 Å². The summed E-state index contributed by atoms with van der Waals surface area (Å²) in [5.41, 5.74) is 6.64. The molecule has 1 aromatic carbocycles. The minimum atomic E-state index is -0.781. The summed E-state index contributed by atoms with van der Waals surface area (Å²) in [6, 6.07) is 8.40. The van der Waals surface area contributed by atoms with E-state index in [9.17, 15) is 0 Å². The maximum atomic E-state index is 5.73. The average Bonchev–Trinajstić information content (AvgIpc) is 2.56. The molecule has 12 heavy (non-hydrogen) atoms. The van der Waals surface area contributed by atoms with Gasteiger partial charge in [-0.2, -0.15) is 0 Å². The molecule has 0 unspecified atom stereocenters. The number of nitrogen functional groups attached to an aromatic ring is 1. The molecule has 2 N–H and O–H groups in total. The molecule has 0 saturated carbocycles. The molecule has 4 heteroatoms. The molecule has 2 rings (SSSR count). The monoisotopic (exact) mass is 259 g/mol. The second-order valence-corrected chi connectivity index (χ2v) is 14.3. The zero-order valence-electron chi connectivity index (χ0n) is 6.56. The van der Waals surface area contributed by atoms with E-state index in [1.807, 2.05) is 6.07 Å². The summed E-state index contributed by atoms with van der Waals surface area (Å²) >= 11 is -0.781. The van der Waals surface area contributed by atoms with Gasteiger partial charge in [0.1, 0.15) is 0 Å². The van der Waals surface area contributed by atoms with Gasteiger partial charge in [-0.3, -0.25) is 0 Å². The Labute approximate surface area is 83.7 Å². The van der Waals surface area contributed by atoms with Gasteiger partial charge in [0.05, 0.1) is 0 Å². The Morgan fingerprint density at radius 2 is 2.00 bits per heavy atom. The van der Waals surface area contributed by atoms with Crippen molar-refractivity contribution in [3.8, 4) is 0 Å². The van der Waals surface area contributed by atoms with Gasteiger partial charge in [-0.05, 0) is 0 Å². The fourth-order valence-corrected chi connectivity index (χ4v) is 15.2. The Balaban J connectivity index is 2.21. The number of nitrogens with two attached hydrogens (primary N) is 1. The first-order chi connectivity index (χ1) is 5.86. The van der Waals surface area contributed by atoms with Gasteiger partial charge in [0, 0.05) is 0 Å². The van der Waals surface area contributed by atoms with Crippen molar-refractivity contribution < 1.29 is 0 Å². The Kier molecular flexibility index (Phi) is 2.95. The minimum absolute atomic E-state index is 0.781. The van der Waals surface area contributed by atoms with Crippen molar-refractivity contribution in [2.24, 2.45) is 0 Å². The van der Waals surface area contributed by atoms with Crippen LogP contribution in [0.5, 0.6) is 0 Å². The fourth-order valence-electron chi connectivity index (χ4n) is 1.07. The maximum absolute atomic E-state index is 5.73. The SMILES string of the molecule is Nc1cccc([As]2SCCS2)c1. The Bertz CT molecular complexity index is 274. The van der Waals surface area contributed by atoms with E-state index in [1.165, 1.54) is 15.9 Å². The van der Waals surface area contributed by atoms with Gasteiger partial charge in [-0.15, -0.1) is 0 Å². The van der Waals surface area contributed by atoms with Crippen LogP contribution in [0.3, 0.4) is 0 Å². The van der Waals surface area contributed by atoms with E-state index in [0.717, 1.165) is 5.69 Å². The summed E-state index contributed by atoms with van der Waals surface area (Å²) in [4.78, 5) is 0. The molecular weight excluding hydrogens is 249 g/mol. The molecule has 0 amide bonds. The zero-order valence-corrected chi connectivity index (χ0v) is 10.1. The van der Waals surface area contributed by atoms with E-state index < -0.39 is 12.3 Å². The molecule has 1 aliphatic rings. The fraction of sp³-hybridized carbons (Fsp3) is 0.250. The predicted molar refractivity (Wildman–Crippen MR) is 61.2 cm³/mol. The van der Waals surface area contributed by atoms with Gasteiger partial charge in [-0.1, -0.05) is 0 Å². The summed E-state index contributed by atoms with van der Waals surface area (Å²) in [7, 11) is 4.31.